The van der Waals surface area contributed by atoms with Crippen LogP contribution in [-0.2, 0) is 12.5 Å². The molecule has 0 unspecified atom stereocenters. The number of nitrogens with zero attached hydrogens (tertiary/aromatic N) is 1. The maximum atomic E-state index is 13.3. The average molecular weight is 276 g/mol. The van der Waals surface area contributed by atoms with E-state index in [2.05, 4.69) is 6.07 Å². The van der Waals surface area contributed by atoms with Gasteiger partial charge in [0.25, 0.3) is 0 Å². The summed E-state index contributed by atoms with van der Waals surface area (Å²) in [4.78, 5) is 0. The summed E-state index contributed by atoms with van der Waals surface area (Å²) in [6.45, 7) is 0.217. The lowest BCUT2D eigenvalue weighted by atomic mass is 10.1. The predicted octanol–water partition coefficient (Wildman–Crippen LogP) is 4.02. The van der Waals surface area contributed by atoms with Crippen molar-refractivity contribution in [3.05, 3.63) is 65.0 Å². The Labute approximate surface area is 116 Å². The van der Waals surface area contributed by atoms with Gasteiger partial charge in [-0.2, -0.15) is 5.26 Å². The van der Waals surface area contributed by atoms with Gasteiger partial charge in [0.05, 0.1) is 11.6 Å². The number of ether oxygens (including phenoxy) is 1. The molecule has 0 heterocycles. The highest BCUT2D eigenvalue weighted by atomic mass is 35.5. The molecule has 0 aromatic heterocycles. The second kappa shape index (κ2) is 6.21. The van der Waals surface area contributed by atoms with Crippen LogP contribution in [0.3, 0.4) is 0 Å². The van der Waals surface area contributed by atoms with Crippen LogP contribution >= 0.6 is 11.6 Å². The quantitative estimate of drug-likeness (QED) is 0.790. The van der Waals surface area contributed by atoms with Gasteiger partial charge in [-0.05, 0) is 23.8 Å². The minimum Gasteiger partial charge on any atom is -0.489 e. The van der Waals surface area contributed by atoms with Crippen LogP contribution in [0.25, 0.3) is 0 Å². The van der Waals surface area contributed by atoms with Crippen LogP contribution in [0.4, 0.5) is 4.39 Å². The summed E-state index contributed by atoms with van der Waals surface area (Å²) in [5, 5.41) is 8.96. The number of hydrogen-bond donors (Lipinski definition) is 0. The van der Waals surface area contributed by atoms with E-state index in [4.69, 9.17) is 21.6 Å². The lowest BCUT2D eigenvalue weighted by Gasteiger charge is -2.09. The predicted molar refractivity (Wildman–Crippen MR) is 71.4 cm³/mol. The highest BCUT2D eigenvalue weighted by Crippen LogP contribution is 2.19. The molecule has 0 saturated heterocycles. The Morgan fingerprint density at radius 3 is 2.74 bits per heavy atom. The van der Waals surface area contributed by atoms with E-state index in [1.54, 1.807) is 24.3 Å². The van der Waals surface area contributed by atoms with Crippen molar-refractivity contribution in [2.24, 2.45) is 0 Å². The van der Waals surface area contributed by atoms with Crippen molar-refractivity contribution >= 4 is 11.6 Å². The monoisotopic (exact) mass is 275 g/mol. The molecule has 0 spiro atoms. The van der Waals surface area contributed by atoms with Crippen LogP contribution in [0, 0.1) is 17.1 Å². The number of nitriles is 1. The third-order valence-electron chi connectivity index (χ3n) is 2.62. The zero-order chi connectivity index (χ0) is 13.7. The normalized spacial score (nSPS) is 9.95. The lowest BCUT2D eigenvalue weighted by Crippen LogP contribution is -1.99. The Balaban J connectivity index is 2.15. The minimum absolute atomic E-state index is 0.217. The van der Waals surface area contributed by atoms with E-state index < -0.39 is 0 Å². The van der Waals surface area contributed by atoms with Gasteiger partial charge in [-0.15, -0.1) is 11.6 Å². The van der Waals surface area contributed by atoms with Crippen molar-refractivity contribution in [2.75, 3.05) is 0 Å². The molecule has 2 aromatic rings. The van der Waals surface area contributed by atoms with Crippen LogP contribution in [-0.4, -0.2) is 0 Å². The Bertz CT molecular complexity index is 622. The topological polar surface area (TPSA) is 33.0 Å². The van der Waals surface area contributed by atoms with Crippen molar-refractivity contribution in [2.45, 2.75) is 12.5 Å². The Morgan fingerprint density at radius 1 is 1.21 bits per heavy atom. The summed E-state index contributed by atoms with van der Waals surface area (Å²) < 4.78 is 18.8. The molecule has 0 aliphatic rings. The number of halogens is 2. The fourth-order valence-corrected chi connectivity index (χ4v) is 1.85. The summed E-state index contributed by atoms with van der Waals surface area (Å²) in [6.07, 6.45) is 0. The number of hydrogen-bond acceptors (Lipinski definition) is 2. The summed E-state index contributed by atoms with van der Waals surface area (Å²) >= 11 is 5.67. The molecule has 0 aliphatic carbocycles. The molecule has 0 saturated carbocycles. The largest absolute Gasteiger partial charge is 0.489 e. The zero-order valence-corrected chi connectivity index (χ0v) is 10.8. The summed E-state index contributed by atoms with van der Waals surface area (Å²) in [5.41, 5.74) is 1.98. The van der Waals surface area contributed by atoms with Gasteiger partial charge in [0, 0.05) is 17.5 Å². The van der Waals surface area contributed by atoms with Gasteiger partial charge in [0.15, 0.2) is 0 Å². The standard InChI is InChI=1S/C15H11ClFNO/c16-8-11-5-14(17)7-15(6-11)19-10-13-4-2-1-3-12(13)9-18/h1-7H,8,10H2. The molecule has 0 N–H and O–H groups in total. The van der Waals surface area contributed by atoms with Gasteiger partial charge in [-0.25, -0.2) is 4.39 Å². The molecule has 2 rings (SSSR count). The Hall–Kier alpha value is -2.05. The molecule has 2 aromatic carbocycles. The van der Waals surface area contributed by atoms with Crippen LogP contribution in [0.5, 0.6) is 5.75 Å². The van der Waals surface area contributed by atoms with E-state index >= 15 is 0 Å². The van der Waals surface area contributed by atoms with Crippen LogP contribution in [0.1, 0.15) is 16.7 Å². The van der Waals surface area contributed by atoms with E-state index in [9.17, 15) is 4.39 Å². The molecule has 19 heavy (non-hydrogen) atoms. The van der Waals surface area contributed by atoms with Crippen molar-refractivity contribution < 1.29 is 9.13 Å². The molecule has 0 amide bonds. The molecule has 2 nitrogen and oxygen atoms in total. The number of benzene rings is 2. The van der Waals surface area contributed by atoms with E-state index in [1.165, 1.54) is 12.1 Å². The van der Waals surface area contributed by atoms with Crippen LogP contribution in [0.15, 0.2) is 42.5 Å². The van der Waals surface area contributed by atoms with Gasteiger partial charge >= 0.3 is 0 Å². The molecule has 4 heteroatoms. The molecule has 0 aliphatic heterocycles. The maximum Gasteiger partial charge on any atom is 0.127 e. The van der Waals surface area contributed by atoms with Gasteiger partial charge in [0.2, 0.25) is 0 Å². The highest BCUT2D eigenvalue weighted by Gasteiger charge is 2.04. The second-order valence-corrected chi connectivity index (χ2v) is 4.25. The summed E-state index contributed by atoms with van der Waals surface area (Å²) in [5.74, 6) is 0.244. The fourth-order valence-electron chi connectivity index (χ4n) is 1.70. The fraction of sp³-hybridized carbons (Fsp3) is 0.133. The van der Waals surface area contributed by atoms with E-state index in [-0.39, 0.29) is 18.3 Å². The van der Waals surface area contributed by atoms with Gasteiger partial charge in [0.1, 0.15) is 18.2 Å². The zero-order valence-electron chi connectivity index (χ0n) is 10.1. The first-order chi connectivity index (χ1) is 9.22. The number of alkyl halides is 1. The minimum atomic E-state index is -0.387. The van der Waals surface area contributed by atoms with Crippen molar-refractivity contribution in [1.82, 2.24) is 0 Å². The first-order valence-corrected chi connectivity index (χ1v) is 6.22. The van der Waals surface area contributed by atoms with Crippen molar-refractivity contribution in [1.29, 1.82) is 5.26 Å². The van der Waals surface area contributed by atoms with Crippen molar-refractivity contribution in [3.63, 3.8) is 0 Å². The summed E-state index contributed by atoms with van der Waals surface area (Å²) in [6, 6.07) is 13.6. The molecule has 0 radical (unpaired) electrons. The van der Waals surface area contributed by atoms with Crippen LogP contribution < -0.4 is 4.74 Å². The molecule has 96 valence electrons. The summed E-state index contributed by atoms with van der Waals surface area (Å²) in [7, 11) is 0. The molecule has 0 fully saturated rings. The highest BCUT2D eigenvalue weighted by molar-refractivity contribution is 6.17. The third-order valence-corrected chi connectivity index (χ3v) is 2.93. The molecule has 0 atom stereocenters. The first-order valence-electron chi connectivity index (χ1n) is 5.69. The third kappa shape index (κ3) is 3.46. The van der Waals surface area contributed by atoms with Gasteiger partial charge in [-0.1, -0.05) is 18.2 Å². The number of rotatable bonds is 4. The SMILES string of the molecule is N#Cc1ccccc1COc1cc(F)cc(CCl)c1. The van der Waals surface area contributed by atoms with Gasteiger partial charge in [-0.3, -0.25) is 0 Å². The molecular formula is C15H11ClFNO. The average Bonchev–Trinajstić information content (AvgIpc) is 2.44. The van der Waals surface area contributed by atoms with Gasteiger partial charge < -0.3 is 4.74 Å². The Morgan fingerprint density at radius 2 is 2.00 bits per heavy atom. The van der Waals surface area contributed by atoms with Crippen molar-refractivity contribution in [3.8, 4) is 11.8 Å². The molecule has 0 bridgehead atoms. The van der Waals surface area contributed by atoms with E-state index in [0.29, 0.717) is 16.9 Å². The van der Waals surface area contributed by atoms with E-state index in [0.717, 1.165) is 5.56 Å². The second-order valence-electron chi connectivity index (χ2n) is 3.99. The van der Waals surface area contributed by atoms with Crippen LogP contribution in [0.2, 0.25) is 0 Å². The smallest absolute Gasteiger partial charge is 0.127 e. The Kier molecular flexibility index (Phi) is 4.38. The first kappa shape index (κ1) is 13.4. The maximum absolute atomic E-state index is 13.3. The molecular weight excluding hydrogens is 265 g/mol. The lowest BCUT2D eigenvalue weighted by molar-refractivity contribution is 0.304. The van der Waals surface area contributed by atoms with E-state index in [1.807, 2.05) is 6.07 Å².